The van der Waals surface area contributed by atoms with Crippen LogP contribution in [0.15, 0.2) is 0 Å². The minimum atomic E-state index is -2.76. The monoisotopic (exact) mass is 231 g/mol. The van der Waals surface area contributed by atoms with Crippen molar-refractivity contribution in [2.45, 2.75) is 38.1 Å². The smallest absolute Gasteiger partial charge is 0.376 e. The van der Waals surface area contributed by atoms with Crippen LogP contribution in [-0.4, -0.2) is 30.1 Å². The molecular weight excluding hydrogens is 210 g/mol. The molecule has 0 radical (unpaired) electrons. The third-order valence-corrected chi connectivity index (χ3v) is 5.51. The van der Waals surface area contributed by atoms with E-state index in [1.54, 1.807) is 21.3 Å². The topological polar surface area (TPSA) is 51.5 Å². The van der Waals surface area contributed by atoms with Gasteiger partial charge in [0.2, 0.25) is 0 Å². The zero-order chi connectivity index (χ0) is 11.7. The molecule has 0 spiro atoms. The van der Waals surface area contributed by atoms with E-state index in [2.05, 4.69) is 13.0 Å². The average molecular weight is 231 g/mol. The highest BCUT2D eigenvalue weighted by Crippen LogP contribution is 2.28. The molecular formula is C10H21NO3Si. The molecule has 1 unspecified atom stereocenters. The number of hydrogen-bond donors (Lipinski definition) is 0. The molecule has 0 saturated carbocycles. The van der Waals surface area contributed by atoms with Crippen molar-refractivity contribution in [3.8, 4) is 6.07 Å². The van der Waals surface area contributed by atoms with Crippen LogP contribution in [0.4, 0.5) is 0 Å². The van der Waals surface area contributed by atoms with Crippen LogP contribution in [0.5, 0.6) is 0 Å². The summed E-state index contributed by atoms with van der Waals surface area (Å²) >= 11 is 0. The summed E-state index contributed by atoms with van der Waals surface area (Å²) in [6.45, 7) is 2.13. The van der Waals surface area contributed by atoms with Gasteiger partial charge < -0.3 is 13.3 Å². The van der Waals surface area contributed by atoms with Crippen molar-refractivity contribution in [2.75, 3.05) is 21.3 Å². The van der Waals surface area contributed by atoms with E-state index in [1.807, 2.05) is 0 Å². The highest BCUT2D eigenvalue weighted by atomic mass is 28.4. The van der Waals surface area contributed by atoms with Crippen molar-refractivity contribution < 1.29 is 13.3 Å². The molecule has 88 valence electrons. The second-order valence-corrected chi connectivity index (χ2v) is 6.52. The molecule has 0 aliphatic rings. The zero-order valence-corrected chi connectivity index (χ0v) is 11.1. The van der Waals surface area contributed by atoms with Crippen molar-refractivity contribution in [3.05, 3.63) is 0 Å². The molecule has 0 heterocycles. The second kappa shape index (κ2) is 7.82. The summed E-state index contributed by atoms with van der Waals surface area (Å²) in [5.74, 6) is 0. The maximum absolute atomic E-state index is 9.10. The van der Waals surface area contributed by atoms with Crippen LogP contribution < -0.4 is 0 Å². The Hall–Kier alpha value is -0.413. The number of unbranched alkanes of at least 4 members (excludes halogenated alkanes) is 2. The lowest BCUT2D eigenvalue weighted by Crippen LogP contribution is -2.47. The Morgan fingerprint density at radius 1 is 1.13 bits per heavy atom. The summed E-state index contributed by atoms with van der Waals surface area (Å²) in [4.78, 5) is 0. The fourth-order valence-corrected chi connectivity index (χ4v) is 3.66. The quantitative estimate of drug-likeness (QED) is 0.475. The van der Waals surface area contributed by atoms with E-state index in [0.29, 0.717) is 0 Å². The van der Waals surface area contributed by atoms with Crippen LogP contribution in [0.2, 0.25) is 5.54 Å². The second-order valence-electron chi connectivity index (χ2n) is 3.39. The van der Waals surface area contributed by atoms with E-state index in [4.69, 9.17) is 18.5 Å². The Kier molecular flexibility index (Phi) is 7.61. The van der Waals surface area contributed by atoms with Crippen LogP contribution in [0, 0.1) is 11.3 Å². The lowest BCUT2D eigenvalue weighted by atomic mass is 10.2. The van der Waals surface area contributed by atoms with Gasteiger partial charge in [0.05, 0.1) is 6.07 Å². The fourth-order valence-electron chi connectivity index (χ4n) is 1.60. The van der Waals surface area contributed by atoms with Gasteiger partial charge in [-0.05, 0) is 6.42 Å². The van der Waals surface area contributed by atoms with Crippen molar-refractivity contribution >= 4 is 8.80 Å². The van der Waals surface area contributed by atoms with Crippen molar-refractivity contribution in [1.29, 1.82) is 5.26 Å². The van der Waals surface area contributed by atoms with Crippen molar-refractivity contribution in [2.24, 2.45) is 0 Å². The van der Waals surface area contributed by atoms with Gasteiger partial charge in [-0.3, -0.25) is 0 Å². The van der Waals surface area contributed by atoms with Gasteiger partial charge >= 0.3 is 8.80 Å². The molecule has 0 N–H and O–H groups in total. The molecule has 15 heavy (non-hydrogen) atoms. The number of hydrogen-bond acceptors (Lipinski definition) is 4. The maximum atomic E-state index is 9.10. The molecule has 0 rings (SSSR count). The first-order valence-electron chi connectivity index (χ1n) is 5.25. The van der Waals surface area contributed by atoms with Crippen molar-refractivity contribution in [3.63, 3.8) is 0 Å². The third-order valence-electron chi connectivity index (χ3n) is 2.53. The van der Waals surface area contributed by atoms with Crippen LogP contribution in [0.1, 0.15) is 32.6 Å². The molecule has 0 amide bonds. The molecule has 0 aliphatic heterocycles. The molecule has 0 aromatic rings. The largest absolute Gasteiger partial charge is 0.518 e. The highest BCUT2D eigenvalue weighted by molar-refractivity contribution is 6.63. The summed E-state index contributed by atoms with van der Waals surface area (Å²) in [5, 5.41) is 9.10. The minimum absolute atomic E-state index is 0.260. The molecule has 0 aromatic carbocycles. The standard InChI is InChI=1S/C10H21NO3Si/c1-5-6-7-8-10(9-11)15(12-2,13-3)14-4/h10H,5-8H2,1-4H3. The lowest BCUT2D eigenvalue weighted by Gasteiger charge is -2.28. The molecule has 4 nitrogen and oxygen atoms in total. The Morgan fingerprint density at radius 3 is 2.00 bits per heavy atom. The zero-order valence-electron chi connectivity index (χ0n) is 10.1. The predicted octanol–water partition coefficient (Wildman–Crippen LogP) is 2.34. The van der Waals surface area contributed by atoms with E-state index in [0.717, 1.165) is 25.7 Å². The van der Waals surface area contributed by atoms with Gasteiger partial charge in [-0.1, -0.05) is 26.2 Å². The Morgan fingerprint density at radius 2 is 1.67 bits per heavy atom. The molecule has 5 heteroatoms. The Bertz CT molecular complexity index is 193. The van der Waals surface area contributed by atoms with Gasteiger partial charge in [-0.2, -0.15) is 5.26 Å². The summed E-state index contributed by atoms with van der Waals surface area (Å²) in [5.41, 5.74) is -0.260. The minimum Gasteiger partial charge on any atom is -0.376 e. The summed E-state index contributed by atoms with van der Waals surface area (Å²) < 4.78 is 15.9. The van der Waals surface area contributed by atoms with Gasteiger partial charge in [0.1, 0.15) is 5.54 Å². The maximum Gasteiger partial charge on any atom is 0.518 e. The van der Waals surface area contributed by atoms with Gasteiger partial charge in [0.25, 0.3) is 0 Å². The van der Waals surface area contributed by atoms with Gasteiger partial charge in [0.15, 0.2) is 0 Å². The Labute approximate surface area is 93.5 Å². The van der Waals surface area contributed by atoms with Crippen molar-refractivity contribution in [1.82, 2.24) is 0 Å². The van der Waals surface area contributed by atoms with E-state index < -0.39 is 8.80 Å². The number of nitrogens with zero attached hydrogens (tertiary/aromatic N) is 1. The molecule has 0 bridgehead atoms. The normalized spacial score (nSPS) is 13.5. The fraction of sp³-hybridized carbons (Fsp3) is 0.900. The number of rotatable bonds is 8. The molecule has 0 aliphatic carbocycles. The van der Waals surface area contributed by atoms with Gasteiger partial charge in [-0.15, -0.1) is 0 Å². The van der Waals surface area contributed by atoms with E-state index in [1.165, 1.54) is 0 Å². The average Bonchev–Trinajstić information content (AvgIpc) is 2.29. The Balaban J connectivity index is 4.40. The summed E-state index contributed by atoms with van der Waals surface area (Å²) in [6.07, 6.45) is 4.06. The predicted molar refractivity (Wildman–Crippen MR) is 60.3 cm³/mol. The van der Waals surface area contributed by atoms with Crippen LogP contribution >= 0.6 is 0 Å². The first-order valence-corrected chi connectivity index (χ1v) is 7.06. The van der Waals surface area contributed by atoms with Crippen LogP contribution in [0.3, 0.4) is 0 Å². The SMILES string of the molecule is CCCCCC(C#N)[Si](OC)(OC)OC. The number of nitriles is 1. The highest BCUT2D eigenvalue weighted by Gasteiger charge is 2.47. The van der Waals surface area contributed by atoms with Crippen LogP contribution in [0.25, 0.3) is 0 Å². The molecule has 0 saturated heterocycles. The van der Waals surface area contributed by atoms with Gasteiger partial charge in [0, 0.05) is 21.3 Å². The molecule has 1 atom stereocenters. The van der Waals surface area contributed by atoms with E-state index >= 15 is 0 Å². The summed E-state index contributed by atoms with van der Waals surface area (Å²) in [7, 11) is 1.88. The lowest BCUT2D eigenvalue weighted by molar-refractivity contribution is 0.116. The van der Waals surface area contributed by atoms with Gasteiger partial charge in [-0.25, -0.2) is 0 Å². The first kappa shape index (κ1) is 14.6. The molecule has 0 fully saturated rings. The van der Waals surface area contributed by atoms with E-state index in [-0.39, 0.29) is 5.54 Å². The summed E-state index contributed by atoms with van der Waals surface area (Å²) in [6, 6.07) is 2.24. The molecule has 0 aromatic heterocycles. The third kappa shape index (κ3) is 3.91. The van der Waals surface area contributed by atoms with Crippen LogP contribution in [-0.2, 0) is 13.3 Å². The van der Waals surface area contributed by atoms with E-state index in [9.17, 15) is 0 Å². The first-order chi connectivity index (χ1) is 7.20.